The third kappa shape index (κ3) is 5.50. The summed E-state index contributed by atoms with van der Waals surface area (Å²) in [6, 6.07) is 32.7. The molecule has 1 heterocycles. The molecule has 32 heavy (non-hydrogen) atoms. The molecule has 0 saturated heterocycles. The average molecular weight is 420 g/mol. The first-order valence-electron chi connectivity index (χ1n) is 10.6. The maximum absolute atomic E-state index is 6.08. The van der Waals surface area contributed by atoms with Crippen molar-refractivity contribution in [2.45, 2.75) is 13.2 Å². The molecule has 0 aliphatic rings. The van der Waals surface area contributed by atoms with E-state index in [9.17, 15) is 0 Å². The zero-order chi connectivity index (χ0) is 22.0. The van der Waals surface area contributed by atoms with Crippen LogP contribution in [0.4, 0.5) is 0 Å². The van der Waals surface area contributed by atoms with Crippen LogP contribution in [-0.2, 0) is 22.7 Å². The number of benzene rings is 3. The fraction of sp³-hybridized carbons (Fsp3) is 0.138. The van der Waals surface area contributed by atoms with Crippen LogP contribution in [0.25, 0.3) is 22.5 Å². The standard InChI is InChI=1S/C29H25NO2/c1-31-19-11-18-26-20-27(22-32-21-23-12-5-2-6-13-23)29(25-16-9-4-10-17-25)30-28(26)24-14-7-3-8-15-24/h2-10,12-17,20H,19,21-22H2,1H3. The van der Waals surface area contributed by atoms with Crippen molar-refractivity contribution in [1.29, 1.82) is 0 Å². The van der Waals surface area contributed by atoms with Gasteiger partial charge in [-0.25, -0.2) is 4.98 Å². The summed E-state index contributed by atoms with van der Waals surface area (Å²) in [4.78, 5) is 5.09. The molecule has 0 spiro atoms. The van der Waals surface area contributed by atoms with Crippen LogP contribution in [0.2, 0.25) is 0 Å². The number of ether oxygens (including phenoxy) is 2. The van der Waals surface area contributed by atoms with Gasteiger partial charge in [-0.3, -0.25) is 0 Å². The molecule has 0 fully saturated rings. The predicted octanol–water partition coefficient (Wildman–Crippen LogP) is 6.13. The average Bonchev–Trinajstić information content (AvgIpc) is 2.86. The number of rotatable bonds is 7. The predicted molar refractivity (Wildman–Crippen MR) is 129 cm³/mol. The van der Waals surface area contributed by atoms with Crippen molar-refractivity contribution in [3.63, 3.8) is 0 Å². The van der Waals surface area contributed by atoms with Crippen molar-refractivity contribution in [2.24, 2.45) is 0 Å². The Kier molecular flexibility index (Phi) is 7.44. The number of hydrogen-bond acceptors (Lipinski definition) is 3. The Morgan fingerprint density at radius 3 is 1.94 bits per heavy atom. The van der Waals surface area contributed by atoms with Crippen LogP contribution in [0.3, 0.4) is 0 Å². The molecule has 4 aromatic rings. The van der Waals surface area contributed by atoms with Gasteiger partial charge in [-0.05, 0) is 11.6 Å². The summed E-state index contributed by atoms with van der Waals surface area (Å²) < 4.78 is 11.2. The van der Waals surface area contributed by atoms with Crippen molar-refractivity contribution in [3.05, 3.63) is 114 Å². The van der Waals surface area contributed by atoms with E-state index in [-0.39, 0.29) is 0 Å². The SMILES string of the molecule is COCC#Cc1cc(COCc2ccccc2)c(-c2ccccc2)nc1-c1ccccc1. The normalized spacial score (nSPS) is 10.4. The third-order valence-electron chi connectivity index (χ3n) is 5.00. The van der Waals surface area contributed by atoms with Crippen molar-refractivity contribution in [2.75, 3.05) is 13.7 Å². The van der Waals surface area contributed by atoms with Gasteiger partial charge >= 0.3 is 0 Å². The van der Waals surface area contributed by atoms with E-state index in [1.54, 1.807) is 7.11 Å². The lowest BCUT2D eigenvalue weighted by Gasteiger charge is -2.14. The van der Waals surface area contributed by atoms with E-state index >= 15 is 0 Å². The lowest BCUT2D eigenvalue weighted by Crippen LogP contribution is -2.02. The minimum atomic E-state index is 0.370. The van der Waals surface area contributed by atoms with Gasteiger partial charge < -0.3 is 9.47 Å². The largest absolute Gasteiger partial charge is 0.372 e. The number of nitrogens with zero attached hydrogens (tertiary/aromatic N) is 1. The quantitative estimate of drug-likeness (QED) is 0.338. The third-order valence-corrected chi connectivity index (χ3v) is 5.00. The second-order valence-corrected chi connectivity index (χ2v) is 7.34. The summed E-state index contributed by atoms with van der Waals surface area (Å²) in [5, 5.41) is 0. The zero-order valence-electron chi connectivity index (χ0n) is 18.1. The Labute approximate surface area is 189 Å². The molecule has 0 aliphatic carbocycles. The number of hydrogen-bond donors (Lipinski definition) is 0. The molecule has 4 rings (SSSR count). The summed E-state index contributed by atoms with van der Waals surface area (Å²) in [6.07, 6.45) is 0. The first kappa shape index (κ1) is 21.5. The number of pyridine rings is 1. The highest BCUT2D eigenvalue weighted by atomic mass is 16.5. The highest BCUT2D eigenvalue weighted by Crippen LogP contribution is 2.30. The highest BCUT2D eigenvalue weighted by Gasteiger charge is 2.14. The van der Waals surface area contributed by atoms with E-state index in [4.69, 9.17) is 14.5 Å². The molecule has 0 atom stereocenters. The maximum atomic E-state index is 6.08. The van der Waals surface area contributed by atoms with E-state index in [1.165, 1.54) is 0 Å². The van der Waals surface area contributed by atoms with Crippen LogP contribution in [0.1, 0.15) is 16.7 Å². The Balaban J connectivity index is 1.75. The van der Waals surface area contributed by atoms with Gasteiger partial charge in [-0.2, -0.15) is 0 Å². The number of methoxy groups -OCH3 is 1. The molecule has 3 aromatic carbocycles. The van der Waals surface area contributed by atoms with Gasteiger partial charge in [-0.15, -0.1) is 0 Å². The van der Waals surface area contributed by atoms with Crippen molar-refractivity contribution in [3.8, 4) is 34.4 Å². The molecule has 0 saturated carbocycles. The first-order chi connectivity index (χ1) is 15.8. The molecule has 0 unspecified atom stereocenters. The fourth-order valence-corrected chi connectivity index (χ4v) is 3.48. The van der Waals surface area contributed by atoms with Gasteiger partial charge in [0.05, 0.1) is 30.2 Å². The van der Waals surface area contributed by atoms with E-state index in [2.05, 4.69) is 54.3 Å². The van der Waals surface area contributed by atoms with E-state index in [0.717, 1.165) is 39.2 Å². The molecule has 1 aromatic heterocycles. The van der Waals surface area contributed by atoms with Crippen LogP contribution in [-0.4, -0.2) is 18.7 Å². The van der Waals surface area contributed by atoms with Gasteiger partial charge in [-0.1, -0.05) is 103 Å². The van der Waals surface area contributed by atoms with Gasteiger partial charge in [0, 0.05) is 23.8 Å². The number of aromatic nitrogens is 1. The van der Waals surface area contributed by atoms with Crippen molar-refractivity contribution >= 4 is 0 Å². The maximum Gasteiger partial charge on any atom is 0.107 e. The van der Waals surface area contributed by atoms with Gasteiger partial charge in [0.2, 0.25) is 0 Å². The van der Waals surface area contributed by atoms with Crippen molar-refractivity contribution in [1.82, 2.24) is 4.98 Å². The highest BCUT2D eigenvalue weighted by molar-refractivity contribution is 5.74. The molecule has 3 heteroatoms. The molecular formula is C29H25NO2. The summed E-state index contributed by atoms with van der Waals surface area (Å²) in [7, 11) is 1.65. The Hall–Kier alpha value is -3.71. The Morgan fingerprint density at radius 2 is 1.31 bits per heavy atom. The molecule has 0 N–H and O–H groups in total. The molecule has 0 bridgehead atoms. The van der Waals surface area contributed by atoms with Crippen LogP contribution in [0.5, 0.6) is 0 Å². The summed E-state index contributed by atoms with van der Waals surface area (Å²) in [5.41, 5.74) is 6.87. The van der Waals surface area contributed by atoms with Gasteiger partial charge in [0.15, 0.2) is 0 Å². The fourth-order valence-electron chi connectivity index (χ4n) is 3.48. The molecular weight excluding hydrogens is 394 g/mol. The first-order valence-corrected chi connectivity index (χ1v) is 10.6. The summed E-state index contributed by atoms with van der Waals surface area (Å²) in [6.45, 7) is 1.36. The molecule has 0 aliphatic heterocycles. The van der Waals surface area contributed by atoms with Crippen LogP contribution in [0.15, 0.2) is 97.1 Å². The van der Waals surface area contributed by atoms with Crippen LogP contribution < -0.4 is 0 Å². The monoisotopic (exact) mass is 419 g/mol. The van der Waals surface area contributed by atoms with Crippen molar-refractivity contribution < 1.29 is 9.47 Å². The molecule has 3 nitrogen and oxygen atoms in total. The van der Waals surface area contributed by atoms with Crippen LogP contribution in [0, 0.1) is 11.8 Å². The second-order valence-electron chi connectivity index (χ2n) is 7.34. The van der Waals surface area contributed by atoms with E-state index in [0.29, 0.717) is 19.8 Å². The van der Waals surface area contributed by atoms with E-state index < -0.39 is 0 Å². The Morgan fingerprint density at radius 1 is 0.719 bits per heavy atom. The Bertz CT molecular complexity index is 1190. The second kappa shape index (κ2) is 11.1. The lowest BCUT2D eigenvalue weighted by atomic mass is 9.99. The summed E-state index contributed by atoms with van der Waals surface area (Å²) >= 11 is 0. The smallest absolute Gasteiger partial charge is 0.107 e. The minimum Gasteiger partial charge on any atom is -0.372 e. The van der Waals surface area contributed by atoms with Gasteiger partial charge in [0.25, 0.3) is 0 Å². The lowest BCUT2D eigenvalue weighted by molar-refractivity contribution is 0.107. The molecule has 0 radical (unpaired) electrons. The van der Waals surface area contributed by atoms with Gasteiger partial charge in [0.1, 0.15) is 6.61 Å². The topological polar surface area (TPSA) is 31.4 Å². The minimum absolute atomic E-state index is 0.370. The van der Waals surface area contributed by atoms with E-state index in [1.807, 2.05) is 54.6 Å². The molecule has 158 valence electrons. The molecule has 0 amide bonds. The summed E-state index contributed by atoms with van der Waals surface area (Å²) in [5.74, 6) is 6.32. The van der Waals surface area contributed by atoms with Crippen LogP contribution >= 0.6 is 0 Å². The zero-order valence-corrected chi connectivity index (χ0v) is 18.1.